The first kappa shape index (κ1) is 16.8. The van der Waals surface area contributed by atoms with Crippen LogP contribution in [0.4, 0.5) is 11.5 Å². The quantitative estimate of drug-likeness (QED) is 0.344. The molecule has 0 unspecified atom stereocenters. The summed E-state index contributed by atoms with van der Waals surface area (Å²) in [6.45, 7) is 1.02. The van der Waals surface area contributed by atoms with Crippen molar-refractivity contribution in [1.29, 1.82) is 0 Å². The maximum Gasteiger partial charge on any atom is 0.300 e. The molecule has 0 saturated carbocycles. The molecule has 0 spiro atoms. The fraction of sp³-hybridized carbons (Fsp3) is 0.500. The van der Waals surface area contributed by atoms with Gasteiger partial charge < -0.3 is 14.9 Å². The molecule has 0 aromatic carbocycles. The molecule has 0 radical (unpaired) electrons. The first-order valence-corrected chi connectivity index (χ1v) is 7.24. The number of anilines is 1. The molecule has 4 N–H and O–H groups in total. The zero-order valence-electron chi connectivity index (χ0n) is 12.3. The van der Waals surface area contributed by atoms with Gasteiger partial charge in [-0.15, -0.1) is 11.6 Å². The van der Waals surface area contributed by atoms with Crippen LogP contribution in [0.3, 0.4) is 0 Å². The summed E-state index contributed by atoms with van der Waals surface area (Å²) in [6.07, 6.45) is -0.960. The molecule has 1 aliphatic rings. The van der Waals surface area contributed by atoms with Gasteiger partial charge in [0.1, 0.15) is 28.8 Å². The second-order valence-corrected chi connectivity index (χ2v) is 6.33. The van der Waals surface area contributed by atoms with Crippen LogP contribution in [0.25, 0.3) is 11.0 Å². The van der Waals surface area contributed by atoms with Gasteiger partial charge in [0.15, 0.2) is 17.7 Å². The summed E-state index contributed by atoms with van der Waals surface area (Å²) in [5, 5.41) is 39.9. The van der Waals surface area contributed by atoms with Crippen LogP contribution >= 0.6 is 11.6 Å². The molecular weight excluding hydrogens is 346 g/mol. The average molecular weight is 360 g/mol. The lowest BCUT2D eigenvalue weighted by Gasteiger charge is -2.26. The Kier molecular flexibility index (Phi) is 4.05. The second kappa shape index (κ2) is 5.79. The molecule has 4 atom stereocenters. The number of ether oxygens (including phenoxy) is 1. The van der Waals surface area contributed by atoms with E-state index in [4.69, 9.17) is 21.5 Å². The number of nitrogens with one attached hydrogen (secondary N) is 1. The SMILES string of the molecule is C[C@@]1(Cl)[C@H](O)[C@@H](CO)O[C@H]1n1cc([N+](=O)[O-])c2c(NO)ncnc21. The van der Waals surface area contributed by atoms with Crippen LogP contribution in [0.1, 0.15) is 13.2 Å². The lowest BCUT2D eigenvalue weighted by atomic mass is 10.0. The van der Waals surface area contributed by atoms with Gasteiger partial charge in [-0.1, -0.05) is 0 Å². The zero-order chi connectivity index (χ0) is 17.6. The summed E-state index contributed by atoms with van der Waals surface area (Å²) in [6, 6.07) is 0. The monoisotopic (exact) mass is 359 g/mol. The van der Waals surface area contributed by atoms with Gasteiger partial charge in [-0.2, -0.15) is 0 Å². The Labute approximate surface area is 139 Å². The van der Waals surface area contributed by atoms with Crippen molar-refractivity contribution in [2.24, 2.45) is 0 Å². The van der Waals surface area contributed by atoms with Gasteiger partial charge in [0.25, 0.3) is 5.69 Å². The third-order valence-corrected chi connectivity index (χ3v) is 4.45. The van der Waals surface area contributed by atoms with Gasteiger partial charge in [0.05, 0.1) is 17.7 Å². The number of aliphatic hydroxyl groups excluding tert-OH is 2. The van der Waals surface area contributed by atoms with Crippen molar-refractivity contribution in [3.63, 3.8) is 0 Å². The molecule has 0 bridgehead atoms. The average Bonchev–Trinajstić information content (AvgIpc) is 3.04. The first-order valence-electron chi connectivity index (χ1n) is 6.86. The summed E-state index contributed by atoms with van der Waals surface area (Å²) < 4.78 is 6.84. The largest absolute Gasteiger partial charge is 0.394 e. The molecule has 130 valence electrons. The third-order valence-electron chi connectivity index (χ3n) is 4.04. The number of hydrogen-bond donors (Lipinski definition) is 4. The first-order chi connectivity index (χ1) is 11.3. The number of aromatic nitrogens is 3. The fourth-order valence-corrected chi connectivity index (χ4v) is 3.13. The number of nitro groups is 1. The molecule has 3 heterocycles. The minimum atomic E-state index is -1.37. The van der Waals surface area contributed by atoms with Gasteiger partial charge >= 0.3 is 0 Å². The van der Waals surface area contributed by atoms with E-state index < -0.39 is 34.8 Å². The molecule has 3 rings (SSSR count). The minimum absolute atomic E-state index is 0.0389. The Morgan fingerprint density at radius 3 is 2.83 bits per heavy atom. The van der Waals surface area contributed by atoms with Crippen molar-refractivity contribution in [2.75, 3.05) is 12.1 Å². The summed E-state index contributed by atoms with van der Waals surface area (Å²) in [5.41, 5.74) is 1.49. The van der Waals surface area contributed by atoms with Crippen LogP contribution in [0.2, 0.25) is 0 Å². The Balaban J connectivity index is 2.23. The van der Waals surface area contributed by atoms with E-state index in [2.05, 4.69) is 9.97 Å². The van der Waals surface area contributed by atoms with Crippen LogP contribution in [-0.4, -0.2) is 58.6 Å². The molecule has 0 aliphatic carbocycles. The van der Waals surface area contributed by atoms with E-state index in [-0.39, 0.29) is 22.5 Å². The highest BCUT2D eigenvalue weighted by atomic mass is 35.5. The van der Waals surface area contributed by atoms with Crippen LogP contribution in [0.5, 0.6) is 0 Å². The van der Waals surface area contributed by atoms with E-state index in [0.29, 0.717) is 0 Å². The normalized spacial score (nSPS) is 30.0. The van der Waals surface area contributed by atoms with E-state index in [1.165, 1.54) is 11.5 Å². The molecule has 24 heavy (non-hydrogen) atoms. The molecule has 1 saturated heterocycles. The maximum absolute atomic E-state index is 11.3. The number of rotatable bonds is 4. The van der Waals surface area contributed by atoms with E-state index >= 15 is 0 Å². The van der Waals surface area contributed by atoms with Crippen molar-refractivity contribution < 1.29 is 25.1 Å². The van der Waals surface area contributed by atoms with Gasteiger partial charge in [-0.3, -0.25) is 25.4 Å². The van der Waals surface area contributed by atoms with Crippen LogP contribution in [-0.2, 0) is 4.74 Å². The number of alkyl halides is 1. The van der Waals surface area contributed by atoms with E-state index in [0.717, 1.165) is 12.5 Å². The highest BCUT2D eigenvalue weighted by Crippen LogP contribution is 2.46. The molecule has 1 aliphatic heterocycles. The topological polar surface area (TPSA) is 156 Å². The highest BCUT2D eigenvalue weighted by molar-refractivity contribution is 6.24. The smallest absolute Gasteiger partial charge is 0.300 e. The zero-order valence-corrected chi connectivity index (χ0v) is 13.1. The number of nitrogens with zero attached hydrogens (tertiary/aromatic N) is 4. The van der Waals surface area contributed by atoms with Gasteiger partial charge in [-0.25, -0.2) is 9.97 Å². The summed E-state index contributed by atoms with van der Waals surface area (Å²) >= 11 is 6.37. The van der Waals surface area contributed by atoms with Crippen LogP contribution < -0.4 is 5.48 Å². The Morgan fingerprint density at radius 1 is 1.58 bits per heavy atom. The Bertz CT molecular complexity index is 796. The predicted octanol–water partition coefficient (Wildman–Crippen LogP) is 0.389. The van der Waals surface area contributed by atoms with Gasteiger partial charge in [0.2, 0.25) is 0 Å². The second-order valence-electron chi connectivity index (χ2n) is 5.52. The Morgan fingerprint density at radius 2 is 2.29 bits per heavy atom. The molecule has 11 nitrogen and oxygen atoms in total. The van der Waals surface area contributed by atoms with Gasteiger partial charge in [-0.05, 0) is 6.92 Å². The summed E-state index contributed by atoms with van der Waals surface area (Å²) in [4.78, 5) is 17.0. The number of aliphatic hydroxyl groups is 2. The molecular formula is C12H14ClN5O6. The lowest BCUT2D eigenvalue weighted by Crippen LogP contribution is -2.39. The molecule has 1 fully saturated rings. The van der Waals surface area contributed by atoms with Crippen molar-refractivity contribution >= 4 is 34.1 Å². The van der Waals surface area contributed by atoms with Crippen molar-refractivity contribution in [1.82, 2.24) is 14.5 Å². The van der Waals surface area contributed by atoms with Gasteiger partial charge in [0, 0.05) is 0 Å². The number of halogens is 1. The Hall–Kier alpha value is -2.05. The third kappa shape index (κ3) is 2.29. The van der Waals surface area contributed by atoms with E-state index in [1.54, 1.807) is 5.48 Å². The van der Waals surface area contributed by atoms with Crippen molar-refractivity contribution in [2.45, 2.75) is 30.2 Å². The van der Waals surface area contributed by atoms with Crippen molar-refractivity contribution in [3.05, 3.63) is 22.6 Å². The summed E-state index contributed by atoms with van der Waals surface area (Å²) in [5.74, 6) is -0.154. The number of hydrogen-bond acceptors (Lipinski definition) is 9. The minimum Gasteiger partial charge on any atom is -0.394 e. The fourth-order valence-electron chi connectivity index (χ4n) is 2.83. The van der Waals surface area contributed by atoms with E-state index in [1.807, 2.05) is 0 Å². The summed E-state index contributed by atoms with van der Waals surface area (Å²) in [7, 11) is 0. The molecule has 2 aromatic heterocycles. The lowest BCUT2D eigenvalue weighted by molar-refractivity contribution is -0.383. The number of fused-ring (bicyclic) bond motifs is 1. The van der Waals surface area contributed by atoms with E-state index in [9.17, 15) is 20.3 Å². The molecule has 0 amide bonds. The highest BCUT2D eigenvalue weighted by Gasteiger charge is 2.53. The standard InChI is InChI=1S/C12H14ClN5O6/c1-12(13)8(20)6(3-19)24-11(12)17-2-5(18(22)23)7-9(16-21)14-4-15-10(7)17/h2,4,6,8,11,19-21H,3H2,1H3,(H,14,15,16)/t6-,8-,11-,12-/m1/s1. The van der Waals surface area contributed by atoms with Crippen molar-refractivity contribution in [3.8, 4) is 0 Å². The maximum atomic E-state index is 11.3. The predicted molar refractivity (Wildman–Crippen MR) is 80.9 cm³/mol. The molecule has 12 heteroatoms. The van der Waals surface area contributed by atoms with Crippen LogP contribution in [0, 0.1) is 10.1 Å². The van der Waals surface area contributed by atoms with Crippen LogP contribution in [0.15, 0.2) is 12.5 Å². The molecule has 2 aromatic rings.